The summed E-state index contributed by atoms with van der Waals surface area (Å²) in [5, 5.41) is 0. The smallest absolute Gasteiger partial charge is 0.309 e. The first-order valence-corrected chi connectivity index (χ1v) is 10.7. The van der Waals surface area contributed by atoms with Crippen LogP contribution in [0.4, 0.5) is 0 Å². The molecule has 0 N–H and O–H groups in total. The quantitative estimate of drug-likeness (QED) is 0.481. The van der Waals surface area contributed by atoms with Crippen molar-refractivity contribution in [3.05, 3.63) is 35.5 Å². The second-order valence-corrected chi connectivity index (χ2v) is 8.96. The molecule has 3 rings (SSSR count). The fourth-order valence-corrected chi connectivity index (χ4v) is 4.57. The van der Waals surface area contributed by atoms with Gasteiger partial charge in [0.2, 0.25) is 0 Å². The molecule has 1 heterocycles. The van der Waals surface area contributed by atoms with Crippen LogP contribution in [0.1, 0.15) is 72.1 Å². The van der Waals surface area contributed by atoms with Gasteiger partial charge >= 0.3 is 11.9 Å². The van der Waals surface area contributed by atoms with Gasteiger partial charge in [-0.15, -0.1) is 0 Å². The van der Waals surface area contributed by atoms with Crippen LogP contribution in [0.2, 0.25) is 0 Å². The Morgan fingerprint density at radius 3 is 2.66 bits per heavy atom. The lowest BCUT2D eigenvalue weighted by Crippen LogP contribution is -2.43. The molecule has 1 saturated carbocycles. The zero-order valence-electron chi connectivity index (χ0n) is 17.7. The standard InChI is InChI=1S/C24H32O5/c1-16(2)7-6-8-17(3)13-21-24(15-22(26)29-21)14-19(11-12-20(24)25)28-23(27)18-9-4-5-10-18/h7,11-13,18-19,21H,4-6,8-10,14-15H2,1-3H3/t19-,21-,24?/m1/s1. The lowest BCUT2D eigenvalue weighted by atomic mass is 9.69. The molecule has 0 aromatic carbocycles. The maximum atomic E-state index is 12.8. The van der Waals surface area contributed by atoms with Crippen LogP contribution < -0.4 is 0 Å². The van der Waals surface area contributed by atoms with Crippen LogP contribution in [-0.2, 0) is 23.9 Å². The van der Waals surface area contributed by atoms with Gasteiger partial charge in [-0.25, -0.2) is 0 Å². The second-order valence-electron chi connectivity index (χ2n) is 8.96. The molecule has 5 heteroatoms. The average Bonchev–Trinajstić information content (AvgIpc) is 3.27. The minimum Gasteiger partial charge on any atom is -0.458 e. The Bertz CT molecular complexity index is 749. The molecule has 2 aliphatic carbocycles. The minimum atomic E-state index is -0.968. The van der Waals surface area contributed by atoms with Gasteiger partial charge in [0, 0.05) is 6.42 Å². The summed E-state index contributed by atoms with van der Waals surface area (Å²) in [5.74, 6) is -0.703. The number of hydrogen-bond acceptors (Lipinski definition) is 5. The molecule has 0 aromatic heterocycles. The van der Waals surface area contributed by atoms with Crippen LogP contribution in [0, 0.1) is 11.3 Å². The van der Waals surface area contributed by atoms with E-state index in [2.05, 4.69) is 19.9 Å². The van der Waals surface area contributed by atoms with Gasteiger partial charge in [-0.2, -0.15) is 0 Å². The van der Waals surface area contributed by atoms with Gasteiger partial charge in [0.05, 0.1) is 17.8 Å². The number of allylic oxidation sites excluding steroid dienone is 4. The molecule has 1 spiro atoms. The maximum absolute atomic E-state index is 12.8. The Morgan fingerprint density at radius 1 is 1.24 bits per heavy atom. The highest BCUT2D eigenvalue weighted by molar-refractivity contribution is 6.00. The molecule has 5 nitrogen and oxygen atoms in total. The number of carbonyl (C=O) groups is 3. The Kier molecular flexibility index (Phi) is 6.76. The number of cyclic esters (lactones) is 1. The molecule has 2 fully saturated rings. The van der Waals surface area contributed by atoms with E-state index in [0.717, 1.165) is 44.1 Å². The van der Waals surface area contributed by atoms with Gasteiger partial charge in [0.15, 0.2) is 5.78 Å². The molecule has 0 amide bonds. The summed E-state index contributed by atoms with van der Waals surface area (Å²) in [7, 11) is 0. The lowest BCUT2D eigenvalue weighted by molar-refractivity contribution is -0.155. The summed E-state index contributed by atoms with van der Waals surface area (Å²) in [5.41, 5.74) is 1.38. The first-order valence-electron chi connectivity index (χ1n) is 10.7. The van der Waals surface area contributed by atoms with Crippen molar-refractivity contribution in [3.8, 4) is 0 Å². The van der Waals surface area contributed by atoms with Crippen molar-refractivity contribution >= 4 is 17.7 Å². The van der Waals surface area contributed by atoms with E-state index in [9.17, 15) is 14.4 Å². The van der Waals surface area contributed by atoms with Gasteiger partial charge in [-0.3, -0.25) is 14.4 Å². The SMILES string of the molecule is CC(C)=CCCC(C)=C[C@H]1OC(=O)CC12C[C@H](OC(=O)C1CCCC1)C=CC2=O. The average molecular weight is 401 g/mol. The van der Waals surface area contributed by atoms with Gasteiger partial charge in [-0.1, -0.05) is 30.1 Å². The third kappa shape index (κ3) is 5.06. The first kappa shape index (κ1) is 21.5. The summed E-state index contributed by atoms with van der Waals surface area (Å²) in [4.78, 5) is 37.4. The van der Waals surface area contributed by atoms with Crippen molar-refractivity contribution in [3.63, 3.8) is 0 Å². The van der Waals surface area contributed by atoms with E-state index in [1.165, 1.54) is 11.6 Å². The van der Waals surface area contributed by atoms with E-state index >= 15 is 0 Å². The van der Waals surface area contributed by atoms with Crippen LogP contribution in [0.5, 0.6) is 0 Å². The Balaban J connectivity index is 1.73. The predicted octanol–water partition coefficient (Wildman–Crippen LogP) is 4.61. The van der Waals surface area contributed by atoms with Crippen molar-refractivity contribution in [1.29, 1.82) is 0 Å². The van der Waals surface area contributed by atoms with Crippen molar-refractivity contribution in [2.75, 3.05) is 0 Å². The molecule has 1 unspecified atom stereocenters. The Morgan fingerprint density at radius 2 is 1.97 bits per heavy atom. The fourth-order valence-electron chi connectivity index (χ4n) is 4.57. The van der Waals surface area contributed by atoms with Crippen LogP contribution in [0.25, 0.3) is 0 Å². The van der Waals surface area contributed by atoms with E-state index in [1.54, 1.807) is 6.08 Å². The van der Waals surface area contributed by atoms with Gasteiger partial charge in [0.25, 0.3) is 0 Å². The van der Waals surface area contributed by atoms with Gasteiger partial charge in [-0.05, 0) is 64.7 Å². The van der Waals surface area contributed by atoms with Crippen LogP contribution in [0.3, 0.4) is 0 Å². The minimum absolute atomic E-state index is 0.0357. The Labute approximate surface area is 173 Å². The molecule has 1 saturated heterocycles. The highest BCUT2D eigenvalue weighted by Crippen LogP contribution is 2.45. The third-order valence-electron chi connectivity index (χ3n) is 6.26. The van der Waals surface area contributed by atoms with Crippen molar-refractivity contribution in [2.45, 2.75) is 84.3 Å². The summed E-state index contributed by atoms with van der Waals surface area (Å²) in [6, 6.07) is 0. The Hall–Kier alpha value is -2.17. The van der Waals surface area contributed by atoms with Crippen molar-refractivity contribution in [1.82, 2.24) is 0 Å². The summed E-state index contributed by atoms with van der Waals surface area (Å²) < 4.78 is 11.3. The molecular formula is C24H32O5. The van der Waals surface area contributed by atoms with E-state index in [0.29, 0.717) is 6.42 Å². The summed E-state index contributed by atoms with van der Waals surface area (Å²) in [6.07, 6.45) is 12.1. The highest BCUT2D eigenvalue weighted by Gasteiger charge is 2.55. The zero-order valence-corrected chi connectivity index (χ0v) is 17.7. The van der Waals surface area contributed by atoms with Gasteiger partial charge in [0.1, 0.15) is 12.2 Å². The molecule has 0 aromatic rings. The van der Waals surface area contributed by atoms with Crippen LogP contribution in [-0.4, -0.2) is 29.9 Å². The van der Waals surface area contributed by atoms with Crippen LogP contribution >= 0.6 is 0 Å². The number of ether oxygens (including phenoxy) is 2. The van der Waals surface area contributed by atoms with E-state index in [1.807, 2.05) is 13.0 Å². The van der Waals surface area contributed by atoms with E-state index in [-0.39, 0.29) is 30.1 Å². The molecule has 1 aliphatic heterocycles. The lowest BCUT2D eigenvalue weighted by Gasteiger charge is -2.34. The normalized spacial score (nSPS) is 30.0. The third-order valence-corrected chi connectivity index (χ3v) is 6.26. The largest absolute Gasteiger partial charge is 0.458 e. The fraction of sp³-hybridized carbons (Fsp3) is 0.625. The molecule has 158 valence electrons. The van der Waals surface area contributed by atoms with E-state index in [4.69, 9.17) is 9.47 Å². The maximum Gasteiger partial charge on any atom is 0.309 e. The van der Waals surface area contributed by atoms with Crippen LogP contribution in [0.15, 0.2) is 35.5 Å². The summed E-state index contributed by atoms with van der Waals surface area (Å²) in [6.45, 7) is 6.12. The number of hydrogen-bond donors (Lipinski definition) is 0. The predicted molar refractivity (Wildman–Crippen MR) is 110 cm³/mol. The molecule has 0 bridgehead atoms. The van der Waals surface area contributed by atoms with E-state index < -0.39 is 17.6 Å². The molecule has 29 heavy (non-hydrogen) atoms. The van der Waals surface area contributed by atoms with Crippen molar-refractivity contribution in [2.24, 2.45) is 11.3 Å². The number of ketones is 1. The molecular weight excluding hydrogens is 368 g/mol. The summed E-state index contributed by atoms with van der Waals surface area (Å²) >= 11 is 0. The molecule has 0 radical (unpaired) electrons. The van der Waals surface area contributed by atoms with Gasteiger partial charge < -0.3 is 9.47 Å². The van der Waals surface area contributed by atoms with Crippen molar-refractivity contribution < 1.29 is 23.9 Å². The molecule has 3 aliphatic rings. The monoisotopic (exact) mass is 400 g/mol. The first-order chi connectivity index (χ1) is 13.8. The number of esters is 2. The highest BCUT2D eigenvalue weighted by atomic mass is 16.6. The zero-order chi connectivity index (χ0) is 21.0. The number of rotatable bonds is 6. The number of carbonyl (C=O) groups excluding carboxylic acids is 3. The molecule has 3 atom stereocenters. The topological polar surface area (TPSA) is 69.7 Å². The second kappa shape index (κ2) is 9.10.